The molecule has 0 aliphatic carbocycles. The molecule has 2 aromatic rings. The summed E-state index contributed by atoms with van der Waals surface area (Å²) in [5.74, 6) is 1.28. The minimum atomic E-state index is -0.229. The molecule has 6 nitrogen and oxygen atoms in total. The quantitative estimate of drug-likeness (QED) is 0.720. The van der Waals surface area contributed by atoms with Gasteiger partial charge in [0.2, 0.25) is 5.91 Å². The van der Waals surface area contributed by atoms with Crippen LogP contribution in [-0.2, 0) is 11.2 Å². The number of nitrogens with one attached hydrogen (secondary N) is 2. The highest BCUT2D eigenvalue weighted by molar-refractivity contribution is 5.83. The van der Waals surface area contributed by atoms with Crippen molar-refractivity contribution >= 4 is 5.91 Å². The molecule has 26 heavy (non-hydrogen) atoms. The third-order valence-corrected chi connectivity index (χ3v) is 4.33. The van der Waals surface area contributed by atoms with Gasteiger partial charge in [-0.2, -0.15) is 5.10 Å². The summed E-state index contributed by atoms with van der Waals surface area (Å²) in [6.45, 7) is 11.4. The number of aryl methyl sites for hydroxylation is 2. The SMILES string of the molecule is CCOc1ccc(CCNC(=O)[C@H](C)c2c(C)n[nH]c2C)cc1OCC. The third kappa shape index (κ3) is 4.77. The lowest BCUT2D eigenvalue weighted by atomic mass is 9.98. The van der Waals surface area contributed by atoms with E-state index in [9.17, 15) is 4.79 Å². The number of H-pyrrole nitrogens is 1. The Labute approximate surface area is 155 Å². The molecule has 1 aromatic carbocycles. The Balaban J connectivity index is 1.94. The molecule has 1 atom stereocenters. The van der Waals surface area contributed by atoms with Gasteiger partial charge in [-0.3, -0.25) is 9.89 Å². The second-order valence-corrected chi connectivity index (χ2v) is 6.26. The topological polar surface area (TPSA) is 76.2 Å². The lowest BCUT2D eigenvalue weighted by Gasteiger charge is -2.14. The molecule has 0 fully saturated rings. The van der Waals surface area contributed by atoms with Gasteiger partial charge in [0, 0.05) is 17.8 Å². The number of aromatic nitrogens is 2. The van der Waals surface area contributed by atoms with E-state index >= 15 is 0 Å². The average molecular weight is 359 g/mol. The number of carbonyl (C=O) groups excluding carboxylic acids is 1. The minimum absolute atomic E-state index is 0.00793. The van der Waals surface area contributed by atoms with Crippen molar-refractivity contribution in [3.8, 4) is 11.5 Å². The summed E-state index contributed by atoms with van der Waals surface area (Å²) < 4.78 is 11.2. The van der Waals surface area contributed by atoms with Crippen LogP contribution in [0.15, 0.2) is 18.2 Å². The van der Waals surface area contributed by atoms with E-state index in [0.717, 1.165) is 40.4 Å². The molecule has 2 rings (SSSR count). The van der Waals surface area contributed by atoms with Crippen molar-refractivity contribution in [1.82, 2.24) is 15.5 Å². The molecule has 0 saturated carbocycles. The standard InChI is InChI=1S/C20H29N3O3/c1-6-25-17-9-8-16(12-18(17)26-7-2)10-11-21-20(24)13(3)19-14(4)22-23-15(19)5/h8-9,12-13H,6-7,10-11H2,1-5H3,(H,21,24)(H,22,23)/t13-/m1/s1. The first-order valence-electron chi connectivity index (χ1n) is 9.15. The number of carbonyl (C=O) groups is 1. The number of ether oxygens (including phenoxy) is 2. The summed E-state index contributed by atoms with van der Waals surface area (Å²) >= 11 is 0. The van der Waals surface area contributed by atoms with Crippen LogP contribution in [0.4, 0.5) is 0 Å². The van der Waals surface area contributed by atoms with E-state index in [1.54, 1.807) is 0 Å². The number of nitrogens with zero attached hydrogens (tertiary/aromatic N) is 1. The van der Waals surface area contributed by atoms with E-state index in [0.29, 0.717) is 19.8 Å². The van der Waals surface area contributed by atoms with Crippen molar-refractivity contribution < 1.29 is 14.3 Å². The highest BCUT2D eigenvalue weighted by Gasteiger charge is 2.20. The molecular formula is C20H29N3O3. The molecule has 0 aliphatic heterocycles. The number of benzene rings is 1. The molecule has 0 bridgehead atoms. The molecule has 0 aliphatic rings. The number of rotatable bonds is 9. The molecule has 142 valence electrons. The molecule has 0 radical (unpaired) electrons. The van der Waals surface area contributed by atoms with Crippen LogP contribution in [0.5, 0.6) is 11.5 Å². The van der Waals surface area contributed by atoms with Gasteiger partial charge in [0.1, 0.15) is 0 Å². The highest BCUT2D eigenvalue weighted by Crippen LogP contribution is 2.28. The van der Waals surface area contributed by atoms with Gasteiger partial charge < -0.3 is 14.8 Å². The molecule has 1 heterocycles. The summed E-state index contributed by atoms with van der Waals surface area (Å²) in [6, 6.07) is 5.91. The Morgan fingerprint density at radius 1 is 1.19 bits per heavy atom. The molecule has 0 unspecified atom stereocenters. The Hall–Kier alpha value is -2.50. The molecular weight excluding hydrogens is 330 g/mol. The fraction of sp³-hybridized carbons (Fsp3) is 0.500. The fourth-order valence-corrected chi connectivity index (χ4v) is 3.06. The highest BCUT2D eigenvalue weighted by atomic mass is 16.5. The van der Waals surface area contributed by atoms with Gasteiger partial charge in [-0.05, 0) is 58.7 Å². The Kier molecular flexibility index (Phi) is 7.06. The van der Waals surface area contributed by atoms with Gasteiger partial charge in [-0.1, -0.05) is 6.07 Å². The summed E-state index contributed by atoms with van der Waals surface area (Å²) in [7, 11) is 0. The molecule has 1 amide bonds. The summed E-state index contributed by atoms with van der Waals surface area (Å²) in [4.78, 5) is 12.4. The van der Waals surface area contributed by atoms with Gasteiger partial charge >= 0.3 is 0 Å². The minimum Gasteiger partial charge on any atom is -0.490 e. The molecule has 0 saturated heterocycles. The number of amides is 1. The van der Waals surface area contributed by atoms with Gasteiger partial charge in [-0.15, -0.1) is 0 Å². The van der Waals surface area contributed by atoms with E-state index in [2.05, 4.69) is 15.5 Å². The maximum absolute atomic E-state index is 12.4. The first-order valence-corrected chi connectivity index (χ1v) is 9.15. The number of hydrogen-bond donors (Lipinski definition) is 2. The van der Waals surface area contributed by atoms with E-state index in [1.165, 1.54) is 0 Å². The van der Waals surface area contributed by atoms with Crippen LogP contribution in [0.3, 0.4) is 0 Å². The lowest BCUT2D eigenvalue weighted by molar-refractivity contribution is -0.122. The predicted octanol–water partition coefficient (Wildman–Crippen LogP) is 3.29. The van der Waals surface area contributed by atoms with Crippen LogP contribution in [0.25, 0.3) is 0 Å². The second-order valence-electron chi connectivity index (χ2n) is 6.26. The van der Waals surface area contributed by atoms with Crippen LogP contribution in [0.1, 0.15) is 49.2 Å². The Bertz CT molecular complexity index is 720. The number of hydrogen-bond acceptors (Lipinski definition) is 4. The maximum atomic E-state index is 12.4. The number of aromatic amines is 1. The van der Waals surface area contributed by atoms with Crippen LogP contribution in [0.2, 0.25) is 0 Å². The van der Waals surface area contributed by atoms with Crippen molar-refractivity contribution in [2.75, 3.05) is 19.8 Å². The summed E-state index contributed by atoms with van der Waals surface area (Å²) in [5, 5.41) is 10.1. The van der Waals surface area contributed by atoms with Gasteiger partial charge in [0.05, 0.1) is 24.8 Å². The molecule has 1 aromatic heterocycles. The van der Waals surface area contributed by atoms with Crippen molar-refractivity contribution in [3.05, 3.63) is 40.7 Å². The first kappa shape index (κ1) is 19.8. The monoisotopic (exact) mass is 359 g/mol. The third-order valence-electron chi connectivity index (χ3n) is 4.33. The van der Waals surface area contributed by atoms with Crippen LogP contribution < -0.4 is 14.8 Å². The zero-order valence-electron chi connectivity index (χ0n) is 16.3. The van der Waals surface area contributed by atoms with E-state index < -0.39 is 0 Å². The Morgan fingerprint density at radius 3 is 2.50 bits per heavy atom. The normalized spacial score (nSPS) is 11.9. The van der Waals surface area contributed by atoms with Crippen molar-refractivity contribution in [2.24, 2.45) is 0 Å². The largest absolute Gasteiger partial charge is 0.490 e. The van der Waals surface area contributed by atoms with Crippen LogP contribution in [-0.4, -0.2) is 35.9 Å². The van der Waals surface area contributed by atoms with Crippen LogP contribution >= 0.6 is 0 Å². The predicted molar refractivity (Wildman–Crippen MR) is 102 cm³/mol. The molecule has 2 N–H and O–H groups in total. The van der Waals surface area contributed by atoms with Gasteiger partial charge in [0.25, 0.3) is 0 Å². The van der Waals surface area contributed by atoms with Crippen molar-refractivity contribution in [2.45, 2.75) is 47.0 Å². The fourth-order valence-electron chi connectivity index (χ4n) is 3.06. The molecule has 6 heteroatoms. The van der Waals surface area contributed by atoms with Crippen molar-refractivity contribution in [1.29, 1.82) is 0 Å². The van der Waals surface area contributed by atoms with Crippen LogP contribution in [0, 0.1) is 13.8 Å². The van der Waals surface area contributed by atoms with Gasteiger partial charge in [0.15, 0.2) is 11.5 Å². The molecule has 0 spiro atoms. The summed E-state index contributed by atoms with van der Waals surface area (Å²) in [5.41, 5.74) is 3.89. The van der Waals surface area contributed by atoms with Crippen molar-refractivity contribution in [3.63, 3.8) is 0 Å². The van der Waals surface area contributed by atoms with Gasteiger partial charge in [-0.25, -0.2) is 0 Å². The van der Waals surface area contributed by atoms with E-state index in [1.807, 2.05) is 52.8 Å². The Morgan fingerprint density at radius 2 is 1.88 bits per heavy atom. The van der Waals surface area contributed by atoms with E-state index in [-0.39, 0.29) is 11.8 Å². The smallest absolute Gasteiger partial charge is 0.227 e. The zero-order chi connectivity index (χ0) is 19.1. The second kappa shape index (κ2) is 9.27. The lowest BCUT2D eigenvalue weighted by Crippen LogP contribution is -2.30. The average Bonchev–Trinajstić information content (AvgIpc) is 2.95. The summed E-state index contributed by atoms with van der Waals surface area (Å²) in [6.07, 6.45) is 0.730. The van der Waals surface area contributed by atoms with E-state index in [4.69, 9.17) is 9.47 Å². The zero-order valence-corrected chi connectivity index (χ0v) is 16.3. The first-order chi connectivity index (χ1) is 12.5. The maximum Gasteiger partial charge on any atom is 0.227 e.